The fourth-order valence-corrected chi connectivity index (χ4v) is 2.26. The molecule has 0 atom stereocenters. The summed E-state index contributed by atoms with van der Waals surface area (Å²) in [4.78, 5) is 19.3. The van der Waals surface area contributed by atoms with Crippen LogP contribution in [0.15, 0.2) is 18.2 Å². The molecule has 0 saturated carbocycles. The Kier molecular flexibility index (Phi) is 3.99. The Morgan fingerprint density at radius 1 is 1.30 bits per heavy atom. The molecule has 2 aromatic rings. The summed E-state index contributed by atoms with van der Waals surface area (Å²) in [6.45, 7) is 3.18. The number of carboxylic acid groups (broad SMARTS) is 1. The summed E-state index contributed by atoms with van der Waals surface area (Å²) in [6, 6.07) is 4.42. The zero-order chi connectivity index (χ0) is 14.9. The number of carbonyl (C=O) groups is 1. The van der Waals surface area contributed by atoms with Crippen LogP contribution in [0.5, 0.6) is 0 Å². The molecule has 0 unspecified atom stereocenters. The van der Waals surface area contributed by atoms with Crippen LogP contribution in [0.2, 0.25) is 5.02 Å². The molecule has 0 fully saturated rings. The molecule has 4 nitrogen and oxygen atoms in total. The van der Waals surface area contributed by atoms with Crippen molar-refractivity contribution in [2.24, 2.45) is 0 Å². The van der Waals surface area contributed by atoms with Crippen molar-refractivity contribution in [1.82, 2.24) is 9.97 Å². The van der Waals surface area contributed by atoms with Crippen LogP contribution in [-0.4, -0.2) is 21.0 Å². The van der Waals surface area contributed by atoms with E-state index in [9.17, 15) is 9.18 Å². The maximum absolute atomic E-state index is 13.7. The molecular formula is C14H12ClFN2O2. The maximum Gasteiger partial charge on any atom is 0.339 e. The van der Waals surface area contributed by atoms with Crippen molar-refractivity contribution in [3.8, 4) is 0 Å². The predicted molar refractivity (Wildman–Crippen MR) is 72.7 cm³/mol. The van der Waals surface area contributed by atoms with E-state index in [1.807, 2.05) is 0 Å². The van der Waals surface area contributed by atoms with Gasteiger partial charge in [-0.05, 0) is 26.0 Å². The lowest BCUT2D eigenvalue weighted by Crippen LogP contribution is -2.11. The van der Waals surface area contributed by atoms with Gasteiger partial charge in [0.1, 0.15) is 17.2 Å². The fourth-order valence-electron chi connectivity index (χ4n) is 2.03. The van der Waals surface area contributed by atoms with Gasteiger partial charge in [-0.2, -0.15) is 0 Å². The topological polar surface area (TPSA) is 63.1 Å². The highest BCUT2D eigenvalue weighted by molar-refractivity contribution is 6.31. The van der Waals surface area contributed by atoms with Gasteiger partial charge in [-0.15, -0.1) is 0 Å². The van der Waals surface area contributed by atoms with Crippen LogP contribution in [-0.2, 0) is 6.42 Å². The molecule has 0 spiro atoms. The minimum atomic E-state index is -1.07. The monoisotopic (exact) mass is 294 g/mol. The summed E-state index contributed by atoms with van der Waals surface area (Å²) in [5.74, 6) is -1.16. The van der Waals surface area contributed by atoms with E-state index in [2.05, 4.69) is 9.97 Å². The molecule has 1 heterocycles. The van der Waals surface area contributed by atoms with Gasteiger partial charge in [0.15, 0.2) is 0 Å². The highest BCUT2D eigenvalue weighted by Crippen LogP contribution is 2.22. The Labute approximate surface area is 120 Å². The van der Waals surface area contributed by atoms with E-state index in [1.165, 1.54) is 12.1 Å². The summed E-state index contributed by atoms with van der Waals surface area (Å²) < 4.78 is 13.7. The minimum absolute atomic E-state index is 0.0772. The Morgan fingerprint density at radius 3 is 2.40 bits per heavy atom. The van der Waals surface area contributed by atoms with Crippen molar-refractivity contribution in [1.29, 1.82) is 0 Å². The highest BCUT2D eigenvalue weighted by Gasteiger charge is 2.16. The molecule has 2 rings (SSSR count). The summed E-state index contributed by atoms with van der Waals surface area (Å²) in [7, 11) is 0. The van der Waals surface area contributed by atoms with Gasteiger partial charge in [0.2, 0.25) is 0 Å². The number of aryl methyl sites for hydroxylation is 2. The Morgan fingerprint density at radius 2 is 1.90 bits per heavy atom. The third-order valence-corrected chi connectivity index (χ3v) is 3.28. The Bertz CT molecular complexity index is 646. The SMILES string of the molecule is Cc1nc(Cc2c(F)cccc2Cl)nc(C)c1C(=O)O. The van der Waals surface area contributed by atoms with Crippen LogP contribution < -0.4 is 0 Å². The van der Waals surface area contributed by atoms with Crippen LogP contribution >= 0.6 is 11.6 Å². The number of aromatic carboxylic acids is 1. The first-order chi connectivity index (χ1) is 9.40. The van der Waals surface area contributed by atoms with Gasteiger partial charge in [0, 0.05) is 17.0 Å². The normalized spacial score (nSPS) is 10.6. The van der Waals surface area contributed by atoms with Gasteiger partial charge in [-0.25, -0.2) is 19.2 Å². The van der Waals surface area contributed by atoms with Crippen molar-refractivity contribution in [2.75, 3.05) is 0 Å². The van der Waals surface area contributed by atoms with Crippen LogP contribution in [0.1, 0.15) is 33.1 Å². The number of nitrogens with zero attached hydrogens (tertiary/aromatic N) is 2. The Balaban J connectivity index is 2.43. The molecule has 0 radical (unpaired) electrons. The molecular weight excluding hydrogens is 283 g/mol. The number of aromatic nitrogens is 2. The van der Waals surface area contributed by atoms with Gasteiger partial charge in [0.25, 0.3) is 0 Å². The van der Waals surface area contributed by atoms with E-state index in [1.54, 1.807) is 19.9 Å². The standard InChI is InChI=1S/C14H12ClFN2O2/c1-7-13(14(19)20)8(2)18-12(17-7)6-9-10(15)4-3-5-11(9)16/h3-5H,6H2,1-2H3,(H,19,20). The molecule has 0 aliphatic rings. The molecule has 1 N–H and O–H groups in total. The zero-order valence-electron chi connectivity index (χ0n) is 10.9. The molecule has 0 saturated heterocycles. The van der Waals surface area contributed by atoms with Gasteiger partial charge < -0.3 is 5.11 Å². The lowest BCUT2D eigenvalue weighted by molar-refractivity contribution is 0.0694. The summed E-state index contributed by atoms with van der Waals surface area (Å²) in [5, 5.41) is 9.35. The predicted octanol–water partition coefficient (Wildman–Crippen LogP) is 3.17. The second-order valence-electron chi connectivity index (χ2n) is 4.37. The van der Waals surface area contributed by atoms with Crippen molar-refractivity contribution < 1.29 is 14.3 Å². The molecule has 6 heteroatoms. The molecule has 1 aromatic heterocycles. The fraction of sp³-hybridized carbons (Fsp3) is 0.214. The Hall–Kier alpha value is -2.01. The van der Waals surface area contributed by atoms with Crippen LogP contribution in [0.3, 0.4) is 0 Å². The molecule has 0 bridgehead atoms. The number of hydrogen-bond acceptors (Lipinski definition) is 3. The van der Waals surface area contributed by atoms with E-state index in [0.29, 0.717) is 27.8 Å². The highest BCUT2D eigenvalue weighted by atomic mass is 35.5. The number of rotatable bonds is 3. The first-order valence-electron chi connectivity index (χ1n) is 5.90. The van der Waals surface area contributed by atoms with Crippen LogP contribution in [0.4, 0.5) is 4.39 Å². The number of halogens is 2. The van der Waals surface area contributed by atoms with E-state index in [0.717, 1.165) is 0 Å². The molecule has 20 heavy (non-hydrogen) atoms. The maximum atomic E-state index is 13.7. The van der Waals surface area contributed by atoms with Crippen molar-refractivity contribution in [3.63, 3.8) is 0 Å². The largest absolute Gasteiger partial charge is 0.478 e. The third kappa shape index (κ3) is 2.77. The number of carboxylic acids is 1. The summed E-state index contributed by atoms with van der Waals surface area (Å²) >= 11 is 5.95. The van der Waals surface area contributed by atoms with Crippen molar-refractivity contribution in [2.45, 2.75) is 20.3 Å². The average molecular weight is 295 g/mol. The van der Waals surface area contributed by atoms with Gasteiger partial charge in [0.05, 0.1) is 11.4 Å². The van der Waals surface area contributed by atoms with E-state index < -0.39 is 11.8 Å². The number of hydrogen-bond donors (Lipinski definition) is 1. The summed E-state index contributed by atoms with van der Waals surface area (Å²) in [6.07, 6.45) is 0.118. The molecule has 0 aliphatic heterocycles. The van der Waals surface area contributed by atoms with E-state index >= 15 is 0 Å². The lowest BCUT2D eigenvalue weighted by atomic mass is 10.1. The van der Waals surface area contributed by atoms with Crippen LogP contribution in [0.25, 0.3) is 0 Å². The molecule has 0 aliphatic carbocycles. The second-order valence-corrected chi connectivity index (χ2v) is 4.77. The van der Waals surface area contributed by atoms with Gasteiger partial charge in [-0.1, -0.05) is 17.7 Å². The summed E-state index contributed by atoms with van der Waals surface area (Å²) in [5.41, 5.74) is 1.09. The van der Waals surface area contributed by atoms with Gasteiger partial charge >= 0.3 is 5.97 Å². The van der Waals surface area contributed by atoms with Crippen molar-refractivity contribution >= 4 is 17.6 Å². The van der Waals surface area contributed by atoms with E-state index in [-0.39, 0.29) is 12.0 Å². The van der Waals surface area contributed by atoms with Crippen molar-refractivity contribution in [3.05, 3.63) is 57.4 Å². The second kappa shape index (κ2) is 5.54. The average Bonchev–Trinajstić information content (AvgIpc) is 2.32. The quantitative estimate of drug-likeness (QED) is 0.944. The first-order valence-corrected chi connectivity index (χ1v) is 6.28. The smallest absolute Gasteiger partial charge is 0.339 e. The van der Waals surface area contributed by atoms with E-state index in [4.69, 9.17) is 16.7 Å². The first kappa shape index (κ1) is 14.4. The zero-order valence-corrected chi connectivity index (χ0v) is 11.7. The molecule has 104 valence electrons. The molecule has 1 aromatic carbocycles. The van der Waals surface area contributed by atoms with Crippen LogP contribution in [0, 0.1) is 19.7 Å². The van der Waals surface area contributed by atoms with Gasteiger partial charge in [-0.3, -0.25) is 0 Å². The lowest BCUT2D eigenvalue weighted by Gasteiger charge is -2.09. The minimum Gasteiger partial charge on any atom is -0.478 e. The third-order valence-electron chi connectivity index (χ3n) is 2.93. The number of benzene rings is 1. The molecule has 0 amide bonds.